The topological polar surface area (TPSA) is 153 Å². The largest absolute Gasteiger partial charge is 0.481 e. The van der Waals surface area contributed by atoms with Crippen LogP contribution in [0.4, 0.5) is 4.79 Å². The molecule has 1 aliphatic heterocycles. The predicted octanol–water partition coefficient (Wildman–Crippen LogP) is -1.64. The minimum absolute atomic E-state index is 0.225. The molecule has 0 aromatic carbocycles. The molecule has 116 valence electrons. The summed E-state index contributed by atoms with van der Waals surface area (Å²) in [6.07, 6.45) is -0.588. The van der Waals surface area contributed by atoms with Crippen LogP contribution in [-0.2, 0) is 19.2 Å². The second-order valence-electron chi connectivity index (χ2n) is 4.40. The van der Waals surface area contributed by atoms with Crippen molar-refractivity contribution < 1.29 is 34.2 Å². The zero-order chi connectivity index (χ0) is 16.2. The van der Waals surface area contributed by atoms with Crippen molar-refractivity contribution in [1.29, 1.82) is 0 Å². The number of carbonyl (C=O) groups excluding carboxylic acids is 3. The molecule has 0 aromatic heterocycles. The van der Waals surface area contributed by atoms with E-state index in [0.29, 0.717) is 0 Å². The molecule has 0 aliphatic carbocycles. The van der Waals surface area contributed by atoms with E-state index in [0.717, 1.165) is 4.90 Å². The van der Waals surface area contributed by atoms with Crippen LogP contribution in [0.1, 0.15) is 19.8 Å². The molecule has 1 unspecified atom stereocenters. The highest BCUT2D eigenvalue weighted by Crippen LogP contribution is 2.10. The highest BCUT2D eigenvalue weighted by atomic mass is 16.4. The molecule has 10 heteroatoms. The SMILES string of the molecule is CCC1C(=O)NC(=O)CN1C(=O)N[C@@H](CC(=O)O)C(=O)O. The number of urea groups is 1. The van der Waals surface area contributed by atoms with E-state index in [2.05, 4.69) is 5.32 Å². The van der Waals surface area contributed by atoms with Crippen LogP contribution in [0.5, 0.6) is 0 Å². The third-order valence-corrected chi connectivity index (χ3v) is 2.88. The molecule has 2 atom stereocenters. The van der Waals surface area contributed by atoms with Crippen molar-refractivity contribution in [3.05, 3.63) is 0 Å². The Morgan fingerprint density at radius 1 is 1.38 bits per heavy atom. The molecule has 1 aliphatic rings. The van der Waals surface area contributed by atoms with Gasteiger partial charge in [0.25, 0.3) is 0 Å². The highest BCUT2D eigenvalue weighted by molar-refractivity contribution is 6.04. The zero-order valence-corrected chi connectivity index (χ0v) is 11.2. The molecule has 0 radical (unpaired) electrons. The van der Waals surface area contributed by atoms with Crippen LogP contribution in [-0.4, -0.2) is 63.5 Å². The number of nitrogens with one attached hydrogen (secondary N) is 2. The summed E-state index contributed by atoms with van der Waals surface area (Å²) in [5.74, 6) is -4.27. The normalized spacial score (nSPS) is 19.7. The van der Waals surface area contributed by atoms with Crippen molar-refractivity contribution in [2.24, 2.45) is 0 Å². The Morgan fingerprint density at radius 2 is 2.00 bits per heavy atom. The number of nitrogens with zero attached hydrogens (tertiary/aromatic N) is 1. The predicted molar refractivity (Wildman–Crippen MR) is 66.1 cm³/mol. The monoisotopic (exact) mass is 301 g/mol. The molecule has 0 bridgehead atoms. The minimum Gasteiger partial charge on any atom is -0.481 e. The van der Waals surface area contributed by atoms with Gasteiger partial charge < -0.3 is 20.4 Å². The lowest BCUT2D eigenvalue weighted by Gasteiger charge is -2.33. The van der Waals surface area contributed by atoms with Crippen molar-refractivity contribution in [1.82, 2.24) is 15.5 Å². The number of carboxylic acid groups (broad SMARTS) is 2. The molecule has 21 heavy (non-hydrogen) atoms. The van der Waals surface area contributed by atoms with Crippen LogP contribution < -0.4 is 10.6 Å². The van der Waals surface area contributed by atoms with Gasteiger partial charge in [-0.15, -0.1) is 0 Å². The summed E-state index contributed by atoms with van der Waals surface area (Å²) < 4.78 is 0. The Kier molecular flexibility index (Phi) is 5.22. The fourth-order valence-corrected chi connectivity index (χ4v) is 1.89. The fraction of sp³-hybridized carbons (Fsp3) is 0.545. The van der Waals surface area contributed by atoms with Crippen molar-refractivity contribution in [3.63, 3.8) is 0 Å². The summed E-state index contributed by atoms with van der Waals surface area (Å²) in [6, 6.07) is -3.53. The lowest BCUT2D eigenvalue weighted by molar-refractivity contribution is -0.145. The van der Waals surface area contributed by atoms with Gasteiger partial charge in [-0.2, -0.15) is 0 Å². The van der Waals surface area contributed by atoms with Gasteiger partial charge >= 0.3 is 18.0 Å². The zero-order valence-electron chi connectivity index (χ0n) is 11.2. The molecule has 10 nitrogen and oxygen atoms in total. The van der Waals surface area contributed by atoms with E-state index < -0.39 is 54.8 Å². The second-order valence-corrected chi connectivity index (χ2v) is 4.40. The first-order valence-electron chi connectivity index (χ1n) is 6.11. The molecule has 1 saturated heterocycles. The third-order valence-electron chi connectivity index (χ3n) is 2.88. The van der Waals surface area contributed by atoms with Gasteiger partial charge in [-0.1, -0.05) is 6.92 Å². The van der Waals surface area contributed by atoms with Crippen LogP contribution in [0.3, 0.4) is 0 Å². The number of amides is 4. The number of hydrogen-bond donors (Lipinski definition) is 4. The van der Waals surface area contributed by atoms with Gasteiger partial charge in [0.1, 0.15) is 18.6 Å². The maximum atomic E-state index is 12.0. The number of hydrogen-bond acceptors (Lipinski definition) is 5. The van der Waals surface area contributed by atoms with Crippen molar-refractivity contribution in [2.75, 3.05) is 6.54 Å². The van der Waals surface area contributed by atoms with Gasteiger partial charge in [-0.25, -0.2) is 9.59 Å². The van der Waals surface area contributed by atoms with E-state index in [1.165, 1.54) is 0 Å². The molecule has 4 N–H and O–H groups in total. The van der Waals surface area contributed by atoms with Crippen LogP contribution in [0.2, 0.25) is 0 Å². The molecule has 4 amide bonds. The summed E-state index contributed by atoms with van der Waals surface area (Å²) in [6.45, 7) is 1.21. The molecular weight excluding hydrogens is 286 g/mol. The van der Waals surface area contributed by atoms with Crippen molar-refractivity contribution in [3.8, 4) is 0 Å². The van der Waals surface area contributed by atoms with Crippen LogP contribution in [0.25, 0.3) is 0 Å². The Morgan fingerprint density at radius 3 is 2.48 bits per heavy atom. The first kappa shape index (κ1) is 16.4. The fourth-order valence-electron chi connectivity index (χ4n) is 1.89. The average Bonchev–Trinajstić information content (AvgIpc) is 2.36. The number of imide groups is 1. The van der Waals surface area contributed by atoms with E-state index >= 15 is 0 Å². The van der Waals surface area contributed by atoms with E-state index in [-0.39, 0.29) is 6.42 Å². The minimum atomic E-state index is -1.65. The summed E-state index contributed by atoms with van der Waals surface area (Å²) in [5, 5.41) is 21.5. The Balaban J connectivity index is 2.83. The number of piperazine rings is 1. The molecule has 1 fully saturated rings. The Bertz CT molecular complexity index is 490. The number of rotatable bonds is 5. The molecule has 0 spiro atoms. The van der Waals surface area contributed by atoms with Gasteiger partial charge in [-0.05, 0) is 6.42 Å². The van der Waals surface area contributed by atoms with Gasteiger partial charge in [0, 0.05) is 0 Å². The maximum Gasteiger partial charge on any atom is 0.326 e. The summed E-state index contributed by atoms with van der Waals surface area (Å²) in [7, 11) is 0. The second kappa shape index (κ2) is 6.68. The maximum absolute atomic E-state index is 12.0. The number of aliphatic carboxylic acids is 2. The van der Waals surface area contributed by atoms with Crippen molar-refractivity contribution in [2.45, 2.75) is 31.8 Å². The van der Waals surface area contributed by atoms with Gasteiger partial charge in [-0.3, -0.25) is 19.7 Å². The molecule has 1 rings (SSSR count). The third kappa shape index (κ3) is 4.16. The number of carbonyl (C=O) groups is 5. The van der Waals surface area contributed by atoms with E-state index in [1.54, 1.807) is 6.92 Å². The molecular formula is C11H15N3O7. The molecule has 0 saturated carbocycles. The van der Waals surface area contributed by atoms with Crippen LogP contribution >= 0.6 is 0 Å². The van der Waals surface area contributed by atoms with Crippen molar-refractivity contribution >= 4 is 29.8 Å². The Hall–Kier alpha value is -2.65. The summed E-state index contributed by atoms with van der Waals surface area (Å²) in [4.78, 5) is 57.2. The average molecular weight is 301 g/mol. The first-order chi connectivity index (χ1) is 9.76. The van der Waals surface area contributed by atoms with Gasteiger partial charge in [0.05, 0.1) is 6.42 Å². The highest BCUT2D eigenvalue weighted by Gasteiger charge is 2.37. The standard InChI is InChI=1S/C11H15N3O7/c1-2-6-9(18)13-7(15)4-14(6)11(21)12-5(10(19)20)3-8(16)17/h5-6H,2-4H2,1H3,(H,12,21)(H,16,17)(H,19,20)(H,13,15,18)/t5-,6?/m0/s1. The quantitative estimate of drug-likeness (QED) is 0.444. The molecule has 1 heterocycles. The Labute approximate surface area is 119 Å². The summed E-state index contributed by atoms with van der Waals surface area (Å²) in [5.41, 5.74) is 0. The van der Waals surface area contributed by atoms with Gasteiger partial charge in [0.2, 0.25) is 11.8 Å². The first-order valence-corrected chi connectivity index (χ1v) is 6.11. The summed E-state index contributed by atoms with van der Waals surface area (Å²) >= 11 is 0. The lowest BCUT2D eigenvalue weighted by atomic mass is 10.1. The van der Waals surface area contributed by atoms with Crippen LogP contribution in [0.15, 0.2) is 0 Å². The molecule has 0 aromatic rings. The lowest BCUT2D eigenvalue weighted by Crippen LogP contribution is -2.62. The van der Waals surface area contributed by atoms with E-state index in [9.17, 15) is 24.0 Å². The smallest absolute Gasteiger partial charge is 0.326 e. The number of carboxylic acids is 2. The van der Waals surface area contributed by atoms with Crippen LogP contribution in [0, 0.1) is 0 Å². The van der Waals surface area contributed by atoms with E-state index in [1.807, 2.05) is 5.32 Å². The van der Waals surface area contributed by atoms with Gasteiger partial charge in [0.15, 0.2) is 0 Å². The van der Waals surface area contributed by atoms with E-state index in [4.69, 9.17) is 10.2 Å².